The van der Waals surface area contributed by atoms with Crippen molar-refractivity contribution in [1.29, 1.82) is 0 Å². The number of fused-ring (bicyclic) bond motifs is 1. The van der Waals surface area contributed by atoms with Crippen LogP contribution in [0.3, 0.4) is 0 Å². The average molecular weight is 472 g/mol. The number of carbonyl (C=O) groups excluding carboxylic acids is 2. The van der Waals surface area contributed by atoms with Gasteiger partial charge in [0.1, 0.15) is 22.7 Å². The van der Waals surface area contributed by atoms with E-state index in [9.17, 15) is 9.59 Å². The number of Topliss-reactive ketones (excluding diaryl/α,β-unsaturated/α-hetero) is 1. The van der Waals surface area contributed by atoms with Crippen molar-refractivity contribution < 1.29 is 19.1 Å². The number of piperidine rings is 1. The molecule has 180 valence electrons. The second-order valence-electron chi connectivity index (χ2n) is 9.34. The van der Waals surface area contributed by atoms with Gasteiger partial charge in [-0.15, -0.1) is 0 Å². The Morgan fingerprint density at radius 3 is 2.60 bits per heavy atom. The lowest BCUT2D eigenvalue weighted by molar-refractivity contribution is 0.0229. The molecule has 0 bridgehead atoms. The van der Waals surface area contributed by atoms with Crippen LogP contribution in [0.15, 0.2) is 48.7 Å². The number of carbonyl (C=O) groups is 2. The van der Waals surface area contributed by atoms with Crippen LogP contribution in [0.4, 0.5) is 5.82 Å². The van der Waals surface area contributed by atoms with Crippen molar-refractivity contribution in [1.82, 2.24) is 9.97 Å². The molecule has 2 aliphatic rings. The first-order valence-electron chi connectivity index (χ1n) is 12.1. The second kappa shape index (κ2) is 9.13. The molecule has 2 aliphatic heterocycles. The van der Waals surface area contributed by atoms with Crippen LogP contribution in [0, 0.1) is 13.8 Å². The molecular weight excluding hydrogens is 442 g/mol. The Morgan fingerprint density at radius 1 is 1.14 bits per heavy atom. The Bertz CT molecular complexity index is 1280. The van der Waals surface area contributed by atoms with Gasteiger partial charge in [-0.05, 0) is 38.0 Å². The fourth-order valence-electron chi connectivity index (χ4n) is 5.11. The highest BCUT2D eigenvalue weighted by atomic mass is 16.5. The molecule has 0 radical (unpaired) electrons. The topological polar surface area (TPSA) is 81.6 Å². The third-order valence-electron chi connectivity index (χ3n) is 6.80. The smallest absolute Gasteiger partial charge is 0.343 e. The van der Waals surface area contributed by atoms with Crippen molar-refractivity contribution in [2.45, 2.75) is 45.6 Å². The molecule has 1 saturated heterocycles. The van der Waals surface area contributed by atoms with E-state index in [0.717, 1.165) is 16.7 Å². The Kier molecular flexibility index (Phi) is 6.01. The van der Waals surface area contributed by atoms with Gasteiger partial charge in [0.25, 0.3) is 0 Å². The van der Waals surface area contributed by atoms with Crippen LogP contribution in [0.1, 0.15) is 58.0 Å². The van der Waals surface area contributed by atoms with Crippen molar-refractivity contribution in [2.75, 3.05) is 24.6 Å². The average Bonchev–Trinajstić information content (AvgIpc) is 2.84. The van der Waals surface area contributed by atoms with Gasteiger partial charge in [-0.25, -0.2) is 14.8 Å². The van der Waals surface area contributed by atoms with E-state index in [1.54, 1.807) is 13.1 Å². The monoisotopic (exact) mass is 471 g/mol. The van der Waals surface area contributed by atoms with Crippen LogP contribution in [0.5, 0.6) is 5.75 Å². The van der Waals surface area contributed by atoms with Gasteiger partial charge in [0.05, 0.1) is 18.6 Å². The number of esters is 1. The van der Waals surface area contributed by atoms with Crippen LogP contribution in [0.2, 0.25) is 0 Å². The van der Waals surface area contributed by atoms with E-state index in [2.05, 4.69) is 9.88 Å². The fourth-order valence-corrected chi connectivity index (χ4v) is 5.11. The summed E-state index contributed by atoms with van der Waals surface area (Å²) < 4.78 is 11.8. The third-order valence-corrected chi connectivity index (χ3v) is 6.80. The summed E-state index contributed by atoms with van der Waals surface area (Å²) in [6.07, 6.45) is 3.22. The lowest BCUT2D eigenvalue weighted by Crippen LogP contribution is -2.51. The van der Waals surface area contributed by atoms with E-state index in [4.69, 9.17) is 14.5 Å². The van der Waals surface area contributed by atoms with E-state index < -0.39 is 11.6 Å². The van der Waals surface area contributed by atoms with E-state index in [-0.39, 0.29) is 12.4 Å². The number of aryl methyl sites for hydroxylation is 2. The molecule has 0 amide bonds. The molecule has 0 atom stereocenters. The van der Waals surface area contributed by atoms with E-state index in [0.29, 0.717) is 60.9 Å². The van der Waals surface area contributed by atoms with Crippen molar-refractivity contribution in [3.63, 3.8) is 0 Å². The highest BCUT2D eigenvalue weighted by molar-refractivity contribution is 6.02. The van der Waals surface area contributed by atoms with Crippen molar-refractivity contribution >= 4 is 17.6 Å². The lowest BCUT2D eigenvalue weighted by Gasteiger charge is -2.44. The van der Waals surface area contributed by atoms with Crippen molar-refractivity contribution in [2.24, 2.45) is 0 Å². The Labute approximate surface area is 205 Å². The quantitative estimate of drug-likeness (QED) is 0.499. The number of benzene rings is 2. The Hall–Kier alpha value is -3.74. The maximum absolute atomic E-state index is 13.1. The first kappa shape index (κ1) is 23.0. The highest BCUT2D eigenvalue weighted by Crippen LogP contribution is 2.42. The number of ketones is 1. The summed E-state index contributed by atoms with van der Waals surface area (Å²) >= 11 is 0. The zero-order valence-electron chi connectivity index (χ0n) is 20.3. The summed E-state index contributed by atoms with van der Waals surface area (Å²) in [4.78, 5) is 37.1. The van der Waals surface area contributed by atoms with Gasteiger partial charge >= 0.3 is 5.97 Å². The molecule has 7 nitrogen and oxygen atoms in total. The zero-order valence-corrected chi connectivity index (χ0v) is 20.3. The van der Waals surface area contributed by atoms with Crippen LogP contribution in [-0.4, -0.2) is 47.0 Å². The van der Waals surface area contributed by atoms with Crippen LogP contribution >= 0.6 is 0 Å². The standard InChI is InChI=1S/C28H29N3O4/c1-4-34-27(33)21-17-29-25(20-8-6-5-7-9-20)30-26(21)31-12-10-28(11-13-31)16-22(32)24-19(3)14-18(2)15-23(24)35-28/h5-9,14-15,17H,4,10-13,16H2,1-3H3. The molecule has 3 aromatic rings. The van der Waals surface area contributed by atoms with Crippen LogP contribution in [0.25, 0.3) is 11.4 Å². The van der Waals surface area contributed by atoms with Gasteiger partial charge < -0.3 is 14.4 Å². The highest BCUT2D eigenvalue weighted by Gasteiger charge is 2.44. The second-order valence-corrected chi connectivity index (χ2v) is 9.34. The van der Waals surface area contributed by atoms with E-state index >= 15 is 0 Å². The molecule has 0 N–H and O–H groups in total. The molecule has 3 heterocycles. The molecular formula is C28H29N3O4. The number of hydrogen-bond donors (Lipinski definition) is 0. The van der Waals surface area contributed by atoms with Gasteiger partial charge in [0, 0.05) is 37.7 Å². The molecule has 7 heteroatoms. The molecule has 2 aromatic carbocycles. The van der Waals surface area contributed by atoms with E-state index in [1.165, 1.54) is 0 Å². The molecule has 1 spiro atoms. The summed E-state index contributed by atoms with van der Waals surface area (Å²) in [5.41, 5.74) is 3.43. The number of ether oxygens (including phenoxy) is 2. The predicted molar refractivity (Wildman–Crippen MR) is 133 cm³/mol. The van der Waals surface area contributed by atoms with Crippen molar-refractivity contribution in [3.05, 3.63) is 70.9 Å². The predicted octanol–water partition coefficient (Wildman–Crippen LogP) is 4.94. The molecule has 0 unspecified atom stereocenters. The normalized spacial score (nSPS) is 16.5. The summed E-state index contributed by atoms with van der Waals surface area (Å²) in [7, 11) is 0. The first-order valence-corrected chi connectivity index (χ1v) is 12.1. The maximum Gasteiger partial charge on any atom is 0.343 e. The lowest BCUT2D eigenvalue weighted by atomic mass is 9.81. The van der Waals surface area contributed by atoms with Gasteiger partial charge in [0.15, 0.2) is 11.6 Å². The first-order chi connectivity index (χ1) is 16.9. The third kappa shape index (κ3) is 4.38. The van der Waals surface area contributed by atoms with Gasteiger partial charge in [-0.2, -0.15) is 0 Å². The molecule has 35 heavy (non-hydrogen) atoms. The molecule has 1 fully saturated rings. The minimum Gasteiger partial charge on any atom is -0.486 e. The molecule has 0 aliphatic carbocycles. The minimum atomic E-state index is -0.541. The summed E-state index contributed by atoms with van der Waals surface area (Å²) in [6.45, 7) is 7.23. The van der Waals surface area contributed by atoms with Crippen LogP contribution in [-0.2, 0) is 4.74 Å². The largest absolute Gasteiger partial charge is 0.486 e. The zero-order chi connectivity index (χ0) is 24.6. The number of aromatic nitrogens is 2. The van der Waals surface area contributed by atoms with Crippen molar-refractivity contribution in [3.8, 4) is 17.1 Å². The van der Waals surface area contributed by atoms with E-state index in [1.807, 2.05) is 56.3 Å². The van der Waals surface area contributed by atoms with Gasteiger partial charge in [-0.3, -0.25) is 4.79 Å². The van der Waals surface area contributed by atoms with Gasteiger partial charge in [0.2, 0.25) is 0 Å². The van der Waals surface area contributed by atoms with Gasteiger partial charge in [-0.1, -0.05) is 36.4 Å². The Morgan fingerprint density at radius 2 is 1.89 bits per heavy atom. The summed E-state index contributed by atoms with van der Waals surface area (Å²) in [5, 5.41) is 0. The fraction of sp³-hybridized carbons (Fsp3) is 0.357. The number of rotatable bonds is 4. The molecule has 5 rings (SSSR count). The number of nitrogens with zero attached hydrogens (tertiary/aromatic N) is 3. The molecule has 0 saturated carbocycles. The maximum atomic E-state index is 13.1. The number of hydrogen-bond acceptors (Lipinski definition) is 7. The summed E-state index contributed by atoms with van der Waals surface area (Å²) in [6, 6.07) is 13.7. The number of anilines is 1. The SMILES string of the molecule is CCOC(=O)c1cnc(-c2ccccc2)nc1N1CCC2(CC1)CC(=O)c1c(C)cc(C)cc1O2. The Balaban J connectivity index is 1.43. The van der Waals surface area contributed by atoms with Crippen LogP contribution < -0.4 is 9.64 Å². The summed E-state index contributed by atoms with van der Waals surface area (Å²) in [5.74, 6) is 1.50. The molecule has 1 aromatic heterocycles. The minimum absolute atomic E-state index is 0.137.